The highest BCUT2D eigenvalue weighted by Gasteiger charge is 2.03. The number of hydrogen-bond donors (Lipinski definition) is 0. The van der Waals surface area contributed by atoms with Crippen LogP contribution in [0.1, 0.15) is 110 Å². The maximum atomic E-state index is 11.7. The second kappa shape index (κ2) is 20.4. The summed E-state index contributed by atoms with van der Waals surface area (Å²) in [6.45, 7) is 4.52. The molecule has 1 nitrogen and oxygen atoms in total. The van der Waals surface area contributed by atoms with Crippen LogP contribution in [0.5, 0.6) is 0 Å². The lowest BCUT2D eigenvalue weighted by atomic mass is 10.1. The van der Waals surface area contributed by atoms with Gasteiger partial charge in [-0.3, -0.25) is 4.79 Å². The SMILES string of the molecule is CCCCCCCCCCCSC(=O)SCCCCCCCC. The highest BCUT2D eigenvalue weighted by molar-refractivity contribution is 8.38. The molecule has 138 valence electrons. The largest absolute Gasteiger partial charge is 0.274 e. The van der Waals surface area contributed by atoms with Gasteiger partial charge in [-0.15, -0.1) is 0 Å². The van der Waals surface area contributed by atoms with E-state index in [0.29, 0.717) is 4.45 Å². The zero-order valence-electron chi connectivity index (χ0n) is 15.7. The molecule has 0 aliphatic carbocycles. The lowest BCUT2D eigenvalue weighted by molar-refractivity contribution is 0.276. The van der Waals surface area contributed by atoms with Gasteiger partial charge in [-0.05, 0) is 12.8 Å². The van der Waals surface area contributed by atoms with Crippen LogP contribution in [-0.4, -0.2) is 16.0 Å². The molecule has 0 bridgehead atoms. The minimum absolute atomic E-state index is 0.345. The van der Waals surface area contributed by atoms with Gasteiger partial charge in [0.15, 0.2) is 0 Å². The van der Waals surface area contributed by atoms with Gasteiger partial charge in [-0.1, -0.05) is 121 Å². The van der Waals surface area contributed by atoms with Crippen molar-refractivity contribution in [3.8, 4) is 0 Å². The van der Waals surface area contributed by atoms with Crippen molar-refractivity contribution in [2.75, 3.05) is 11.5 Å². The van der Waals surface area contributed by atoms with Crippen molar-refractivity contribution < 1.29 is 4.79 Å². The Morgan fingerprint density at radius 2 is 0.826 bits per heavy atom. The third kappa shape index (κ3) is 20.3. The van der Waals surface area contributed by atoms with Crippen molar-refractivity contribution >= 4 is 28.0 Å². The van der Waals surface area contributed by atoms with Gasteiger partial charge in [-0.2, -0.15) is 0 Å². The van der Waals surface area contributed by atoms with E-state index in [1.54, 1.807) is 23.5 Å². The predicted molar refractivity (Wildman–Crippen MR) is 111 cm³/mol. The molecule has 0 N–H and O–H groups in total. The molecule has 0 unspecified atom stereocenters. The standard InChI is InChI=1S/C20H40OS2/c1-3-5-7-9-11-12-13-15-17-19-23-20(21)22-18-16-14-10-8-6-4-2/h3-19H2,1-2H3. The smallest absolute Gasteiger partial charge is 0.246 e. The Labute approximate surface area is 154 Å². The van der Waals surface area contributed by atoms with E-state index >= 15 is 0 Å². The maximum Gasteiger partial charge on any atom is 0.246 e. The topological polar surface area (TPSA) is 17.1 Å². The minimum Gasteiger partial charge on any atom is -0.274 e. The van der Waals surface area contributed by atoms with Crippen LogP contribution in [0, 0.1) is 0 Å². The average Bonchev–Trinajstić information content (AvgIpc) is 2.55. The molecule has 0 aromatic carbocycles. The van der Waals surface area contributed by atoms with Crippen molar-refractivity contribution in [3.05, 3.63) is 0 Å². The third-order valence-electron chi connectivity index (χ3n) is 4.19. The lowest BCUT2D eigenvalue weighted by Crippen LogP contribution is -1.90. The molecule has 0 spiro atoms. The Balaban J connectivity index is 3.13. The first-order chi connectivity index (χ1) is 11.3. The number of hydrogen-bond acceptors (Lipinski definition) is 3. The predicted octanol–water partition coefficient (Wildman–Crippen LogP) is 8.46. The van der Waals surface area contributed by atoms with Gasteiger partial charge in [0.25, 0.3) is 0 Å². The molecule has 0 heterocycles. The molecule has 0 atom stereocenters. The molecule has 0 aliphatic heterocycles. The lowest BCUT2D eigenvalue weighted by Gasteiger charge is -2.03. The zero-order valence-corrected chi connectivity index (χ0v) is 17.4. The fourth-order valence-electron chi connectivity index (χ4n) is 2.65. The van der Waals surface area contributed by atoms with E-state index in [0.717, 1.165) is 11.5 Å². The van der Waals surface area contributed by atoms with Crippen LogP contribution in [0.3, 0.4) is 0 Å². The first-order valence-electron chi connectivity index (χ1n) is 10.1. The molecule has 0 aromatic rings. The van der Waals surface area contributed by atoms with E-state index in [1.165, 1.54) is 96.3 Å². The Morgan fingerprint density at radius 1 is 0.522 bits per heavy atom. The normalized spacial score (nSPS) is 11.0. The Hall–Kier alpha value is 0.370. The fourth-order valence-corrected chi connectivity index (χ4v) is 4.51. The number of unbranched alkanes of at least 4 members (excludes halogenated alkanes) is 13. The van der Waals surface area contributed by atoms with Gasteiger partial charge in [0.1, 0.15) is 0 Å². The highest BCUT2D eigenvalue weighted by Crippen LogP contribution is 2.20. The van der Waals surface area contributed by atoms with Crippen molar-refractivity contribution in [3.63, 3.8) is 0 Å². The van der Waals surface area contributed by atoms with E-state index in [1.807, 2.05) is 0 Å². The molecule has 0 amide bonds. The van der Waals surface area contributed by atoms with E-state index in [9.17, 15) is 4.79 Å². The number of rotatable bonds is 17. The molecule has 0 fully saturated rings. The van der Waals surface area contributed by atoms with Crippen molar-refractivity contribution in [2.24, 2.45) is 0 Å². The van der Waals surface area contributed by atoms with Gasteiger partial charge in [0, 0.05) is 11.5 Å². The average molecular weight is 361 g/mol. The van der Waals surface area contributed by atoms with Gasteiger partial charge in [0.05, 0.1) is 0 Å². The molecule has 0 saturated heterocycles. The van der Waals surface area contributed by atoms with Gasteiger partial charge in [-0.25, -0.2) is 0 Å². The Kier molecular flexibility index (Phi) is 20.7. The second-order valence-corrected chi connectivity index (χ2v) is 8.94. The summed E-state index contributed by atoms with van der Waals surface area (Å²) in [5.74, 6) is 2.05. The molecule has 0 aliphatic rings. The first-order valence-corrected chi connectivity index (χ1v) is 12.1. The number of carbonyl (C=O) groups excluding carboxylic acids is 1. The van der Waals surface area contributed by atoms with Crippen molar-refractivity contribution in [1.29, 1.82) is 0 Å². The Bertz CT molecular complexity index is 244. The fraction of sp³-hybridized carbons (Fsp3) is 0.950. The zero-order chi connectivity index (χ0) is 17.0. The minimum atomic E-state index is 0.345. The number of thioether (sulfide) groups is 2. The van der Waals surface area contributed by atoms with Crippen LogP contribution in [-0.2, 0) is 0 Å². The van der Waals surface area contributed by atoms with E-state index in [2.05, 4.69) is 13.8 Å². The van der Waals surface area contributed by atoms with Crippen molar-refractivity contribution in [1.82, 2.24) is 0 Å². The second-order valence-electron chi connectivity index (χ2n) is 6.54. The molecule has 3 heteroatoms. The summed E-state index contributed by atoms with van der Waals surface area (Å²) in [5, 5.41) is 0. The van der Waals surface area contributed by atoms with Crippen LogP contribution in [0.4, 0.5) is 4.79 Å². The first kappa shape index (κ1) is 23.4. The summed E-state index contributed by atoms with van der Waals surface area (Å²) in [7, 11) is 0. The monoisotopic (exact) mass is 360 g/mol. The third-order valence-corrected chi connectivity index (χ3v) is 6.35. The Morgan fingerprint density at radius 3 is 1.17 bits per heavy atom. The van der Waals surface area contributed by atoms with Crippen LogP contribution in [0.25, 0.3) is 0 Å². The van der Waals surface area contributed by atoms with Gasteiger partial charge < -0.3 is 0 Å². The summed E-state index contributed by atoms with van der Waals surface area (Å²) in [5.41, 5.74) is 0. The van der Waals surface area contributed by atoms with Crippen LogP contribution >= 0.6 is 23.5 Å². The van der Waals surface area contributed by atoms with Crippen LogP contribution < -0.4 is 0 Å². The summed E-state index contributed by atoms with van der Waals surface area (Å²) in [4.78, 5) is 11.7. The molecule has 0 radical (unpaired) electrons. The summed E-state index contributed by atoms with van der Waals surface area (Å²) in [6, 6.07) is 0. The molecular weight excluding hydrogens is 320 g/mol. The molecule has 0 aromatic heterocycles. The van der Waals surface area contributed by atoms with Gasteiger partial charge in [0.2, 0.25) is 4.45 Å². The summed E-state index contributed by atoms with van der Waals surface area (Å²) < 4.78 is 0.345. The molecule has 0 saturated carbocycles. The molecule has 23 heavy (non-hydrogen) atoms. The quantitative estimate of drug-likeness (QED) is 0.242. The summed E-state index contributed by atoms with van der Waals surface area (Å²) >= 11 is 3.09. The van der Waals surface area contributed by atoms with E-state index < -0.39 is 0 Å². The highest BCUT2D eigenvalue weighted by atomic mass is 32.2. The van der Waals surface area contributed by atoms with Crippen LogP contribution in [0.15, 0.2) is 0 Å². The van der Waals surface area contributed by atoms with E-state index in [-0.39, 0.29) is 0 Å². The number of carbonyl (C=O) groups is 1. The molecule has 0 rings (SSSR count). The van der Waals surface area contributed by atoms with Crippen LogP contribution in [0.2, 0.25) is 0 Å². The van der Waals surface area contributed by atoms with Crippen molar-refractivity contribution in [2.45, 2.75) is 110 Å². The maximum absolute atomic E-state index is 11.7. The van der Waals surface area contributed by atoms with E-state index in [4.69, 9.17) is 0 Å². The van der Waals surface area contributed by atoms with Gasteiger partial charge >= 0.3 is 0 Å². The summed E-state index contributed by atoms with van der Waals surface area (Å²) in [6.07, 6.45) is 20.1. The molecular formula is C20H40OS2.